The van der Waals surface area contributed by atoms with Gasteiger partial charge in [-0.2, -0.15) is 0 Å². The Kier molecular flexibility index (Phi) is 5.63. The van der Waals surface area contributed by atoms with E-state index in [1.54, 1.807) is 7.11 Å². The molecule has 4 heteroatoms. The van der Waals surface area contributed by atoms with Gasteiger partial charge in [-0.05, 0) is 33.2 Å². The number of rotatable bonds is 7. The molecule has 0 unspecified atom stereocenters. The zero-order chi connectivity index (χ0) is 12.7. The lowest BCUT2D eigenvalue weighted by atomic mass is 10.2. The normalized spacial score (nSPS) is 10.4. The number of ether oxygens (including phenoxy) is 2. The molecule has 0 saturated heterocycles. The van der Waals surface area contributed by atoms with Crippen LogP contribution in [0.4, 0.5) is 5.69 Å². The maximum Gasteiger partial charge on any atom is 0.163 e. The van der Waals surface area contributed by atoms with Crippen LogP contribution < -0.4 is 14.8 Å². The molecule has 0 aliphatic heterocycles. The van der Waals surface area contributed by atoms with Crippen LogP contribution in [0.5, 0.6) is 11.5 Å². The first-order valence-electron chi connectivity index (χ1n) is 5.86. The van der Waals surface area contributed by atoms with Crippen molar-refractivity contribution in [1.29, 1.82) is 0 Å². The van der Waals surface area contributed by atoms with Crippen molar-refractivity contribution in [3.63, 3.8) is 0 Å². The Morgan fingerprint density at radius 1 is 1.24 bits per heavy atom. The summed E-state index contributed by atoms with van der Waals surface area (Å²) in [4.78, 5) is 2.08. The first kappa shape index (κ1) is 13.6. The van der Waals surface area contributed by atoms with Gasteiger partial charge in [0.2, 0.25) is 0 Å². The van der Waals surface area contributed by atoms with Crippen LogP contribution in [0.1, 0.15) is 6.92 Å². The van der Waals surface area contributed by atoms with Crippen LogP contribution in [0.2, 0.25) is 0 Å². The van der Waals surface area contributed by atoms with Crippen molar-refractivity contribution >= 4 is 5.69 Å². The molecule has 4 nitrogen and oxygen atoms in total. The van der Waals surface area contributed by atoms with Crippen LogP contribution in [-0.2, 0) is 0 Å². The number of hydrogen-bond donors (Lipinski definition) is 1. The lowest BCUT2D eigenvalue weighted by Crippen LogP contribution is -2.19. The van der Waals surface area contributed by atoms with E-state index in [0.717, 1.165) is 30.3 Å². The van der Waals surface area contributed by atoms with Crippen molar-refractivity contribution in [2.75, 3.05) is 46.2 Å². The van der Waals surface area contributed by atoms with Crippen LogP contribution in [-0.4, -0.2) is 45.8 Å². The summed E-state index contributed by atoms with van der Waals surface area (Å²) in [5.74, 6) is 1.55. The molecule has 0 spiro atoms. The van der Waals surface area contributed by atoms with Gasteiger partial charge in [0.1, 0.15) is 6.61 Å². The van der Waals surface area contributed by atoms with Gasteiger partial charge in [0, 0.05) is 24.8 Å². The molecule has 0 radical (unpaired) electrons. The van der Waals surface area contributed by atoms with Crippen molar-refractivity contribution in [3.05, 3.63) is 18.2 Å². The van der Waals surface area contributed by atoms with Gasteiger partial charge in [-0.1, -0.05) is 0 Å². The van der Waals surface area contributed by atoms with Crippen molar-refractivity contribution < 1.29 is 9.47 Å². The third-order valence-corrected chi connectivity index (χ3v) is 2.34. The Morgan fingerprint density at radius 3 is 2.59 bits per heavy atom. The van der Waals surface area contributed by atoms with Crippen molar-refractivity contribution in [1.82, 2.24) is 4.90 Å². The number of nitrogens with zero attached hydrogens (tertiary/aromatic N) is 1. The zero-order valence-electron chi connectivity index (χ0n) is 11.1. The summed E-state index contributed by atoms with van der Waals surface area (Å²) in [5, 5.41) is 3.25. The Bertz CT molecular complexity index is 340. The standard InChI is InChI=1S/C13H22N2O2/c1-5-14-11-6-7-12(16-4)13(10-11)17-9-8-15(2)3/h6-7,10,14H,5,8-9H2,1-4H3. The lowest BCUT2D eigenvalue weighted by molar-refractivity contribution is 0.251. The Labute approximate surface area is 104 Å². The molecule has 17 heavy (non-hydrogen) atoms. The van der Waals surface area contributed by atoms with Crippen molar-refractivity contribution in [2.45, 2.75) is 6.92 Å². The van der Waals surface area contributed by atoms with Gasteiger partial charge < -0.3 is 19.7 Å². The van der Waals surface area contributed by atoms with Crippen LogP contribution in [0, 0.1) is 0 Å². The molecule has 0 amide bonds. The zero-order valence-corrected chi connectivity index (χ0v) is 11.1. The monoisotopic (exact) mass is 238 g/mol. The van der Waals surface area contributed by atoms with E-state index in [4.69, 9.17) is 9.47 Å². The van der Waals surface area contributed by atoms with Crippen LogP contribution in [0.15, 0.2) is 18.2 Å². The number of benzene rings is 1. The summed E-state index contributed by atoms with van der Waals surface area (Å²) in [7, 11) is 5.70. The highest BCUT2D eigenvalue weighted by Gasteiger charge is 2.05. The van der Waals surface area contributed by atoms with E-state index in [0.29, 0.717) is 6.61 Å². The second-order valence-corrected chi connectivity index (χ2v) is 4.05. The van der Waals surface area contributed by atoms with E-state index in [-0.39, 0.29) is 0 Å². The van der Waals surface area contributed by atoms with Gasteiger partial charge in [-0.3, -0.25) is 0 Å². The fourth-order valence-corrected chi connectivity index (χ4v) is 1.44. The average molecular weight is 238 g/mol. The summed E-state index contributed by atoms with van der Waals surface area (Å²) < 4.78 is 11.0. The molecule has 0 aliphatic rings. The highest BCUT2D eigenvalue weighted by Crippen LogP contribution is 2.30. The second kappa shape index (κ2) is 7.01. The molecule has 0 saturated carbocycles. The predicted octanol–water partition coefficient (Wildman–Crippen LogP) is 2.07. The first-order valence-corrected chi connectivity index (χ1v) is 5.86. The fraction of sp³-hybridized carbons (Fsp3) is 0.538. The third-order valence-electron chi connectivity index (χ3n) is 2.34. The molecular weight excluding hydrogens is 216 g/mol. The van der Waals surface area contributed by atoms with E-state index >= 15 is 0 Å². The number of likely N-dealkylation sites (N-methyl/N-ethyl adjacent to an activating group) is 1. The van der Waals surface area contributed by atoms with Crippen molar-refractivity contribution in [2.24, 2.45) is 0 Å². The number of nitrogens with one attached hydrogen (secondary N) is 1. The molecule has 1 N–H and O–H groups in total. The third kappa shape index (κ3) is 4.53. The SMILES string of the molecule is CCNc1ccc(OC)c(OCCN(C)C)c1. The molecule has 1 aromatic rings. The van der Waals surface area contributed by atoms with Gasteiger partial charge in [-0.25, -0.2) is 0 Å². The van der Waals surface area contributed by atoms with Gasteiger partial charge >= 0.3 is 0 Å². The second-order valence-electron chi connectivity index (χ2n) is 4.05. The van der Waals surface area contributed by atoms with Gasteiger partial charge in [0.25, 0.3) is 0 Å². The summed E-state index contributed by atoms with van der Waals surface area (Å²) >= 11 is 0. The highest BCUT2D eigenvalue weighted by molar-refractivity contribution is 5.54. The predicted molar refractivity (Wildman–Crippen MR) is 71.2 cm³/mol. The van der Waals surface area contributed by atoms with Crippen molar-refractivity contribution in [3.8, 4) is 11.5 Å². The molecule has 1 rings (SSSR count). The minimum Gasteiger partial charge on any atom is -0.493 e. The number of hydrogen-bond acceptors (Lipinski definition) is 4. The minimum absolute atomic E-state index is 0.652. The Morgan fingerprint density at radius 2 is 2.00 bits per heavy atom. The molecule has 0 fully saturated rings. The quantitative estimate of drug-likeness (QED) is 0.788. The topological polar surface area (TPSA) is 33.7 Å². The molecular formula is C13H22N2O2. The fourth-order valence-electron chi connectivity index (χ4n) is 1.44. The maximum absolute atomic E-state index is 5.72. The Hall–Kier alpha value is -1.42. The van der Waals surface area contributed by atoms with E-state index in [2.05, 4.69) is 17.1 Å². The number of methoxy groups -OCH3 is 1. The maximum atomic E-state index is 5.72. The Balaban J connectivity index is 2.68. The number of anilines is 1. The largest absolute Gasteiger partial charge is 0.493 e. The first-order chi connectivity index (χ1) is 8.17. The van der Waals surface area contributed by atoms with E-state index in [1.807, 2.05) is 32.3 Å². The molecule has 0 heterocycles. The summed E-state index contributed by atoms with van der Waals surface area (Å²) in [6, 6.07) is 5.88. The summed E-state index contributed by atoms with van der Waals surface area (Å²) in [5.41, 5.74) is 1.05. The summed E-state index contributed by atoms with van der Waals surface area (Å²) in [6.45, 7) is 4.49. The molecule has 0 bridgehead atoms. The van der Waals surface area contributed by atoms with E-state index in [1.165, 1.54) is 0 Å². The van der Waals surface area contributed by atoms with Crippen LogP contribution >= 0.6 is 0 Å². The highest BCUT2D eigenvalue weighted by atomic mass is 16.5. The lowest BCUT2D eigenvalue weighted by Gasteiger charge is -2.14. The van der Waals surface area contributed by atoms with E-state index in [9.17, 15) is 0 Å². The summed E-state index contributed by atoms with van der Waals surface area (Å²) in [6.07, 6.45) is 0. The van der Waals surface area contributed by atoms with Gasteiger partial charge in [0.15, 0.2) is 11.5 Å². The molecule has 0 aliphatic carbocycles. The van der Waals surface area contributed by atoms with Crippen LogP contribution in [0.25, 0.3) is 0 Å². The molecule has 1 aromatic carbocycles. The smallest absolute Gasteiger partial charge is 0.163 e. The van der Waals surface area contributed by atoms with E-state index < -0.39 is 0 Å². The molecule has 0 aromatic heterocycles. The minimum atomic E-state index is 0.652. The average Bonchev–Trinajstić information content (AvgIpc) is 2.29. The van der Waals surface area contributed by atoms with Gasteiger partial charge in [-0.15, -0.1) is 0 Å². The van der Waals surface area contributed by atoms with Crippen LogP contribution in [0.3, 0.4) is 0 Å². The molecule has 96 valence electrons. The van der Waals surface area contributed by atoms with Gasteiger partial charge in [0.05, 0.1) is 7.11 Å². The molecule has 0 atom stereocenters.